The summed E-state index contributed by atoms with van der Waals surface area (Å²) in [4.78, 5) is 11.6. The number of hydrogen-bond donors (Lipinski definition) is 0. The first-order chi connectivity index (χ1) is 7.74. The number of esters is 1. The molecule has 16 heavy (non-hydrogen) atoms. The van der Waals surface area contributed by atoms with Crippen LogP contribution in [-0.2, 0) is 23.1 Å². The lowest BCUT2D eigenvalue weighted by Crippen LogP contribution is -2.26. The van der Waals surface area contributed by atoms with Crippen LogP contribution in [-0.4, -0.2) is 16.6 Å². The highest BCUT2D eigenvalue weighted by atomic mass is 16.5. The number of carbonyl (C=O) groups is 1. The number of imidazole rings is 1. The number of nitrogens with zero attached hydrogens (tertiary/aromatic N) is 2. The Morgan fingerprint density at radius 2 is 2.19 bits per heavy atom. The molecule has 1 aliphatic rings. The van der Waals surface area contributed by atoms with Crippen molar-refractivity contribution in [2.24, 2.45) is 7.05 Å². The minimum Gasteiger partial charge on any atom is -0.459 e. The molecule has 4 nitrogen and oxygen atoms in total. The van der Waals surface area contributed by atoms with E-state index >= 15 is 0 Å². The van der Waals surface area contributed by atoms with Gasteiger partial charge in [0, 0.05) is 0 Å². The molecule has 1 aromatic heterocycles. The zero-order valence-electron chi connectivity index (χ0n) is 9.76. The molecule has 0 bridgehead atoms. The lowest BCUT2D eigenvalue weighted by Gasteiger charge is -2.21. The summed E-state index contributed by atoms with van der Waals surface area (Å²) in [5.41, 5.74) is 0. The third-order valence-electron chi connectivity index (χ3n) is 2.99. The molecule has 1 aliphatic carbocycles. The first kappa shape index (κ1) is 11.2. The summed E-state index contributed by atoms with van der Waals surface area (Å²) in [7, 11) is 1.93. The predicted molar refractivity (Wildman–Crippen MR) is 58.6 cm³/mol. The summed E-state index contributed by atoms with van der Waals surface area (Å²) in [6.45, 7) is 0.317. The number of rotatable bonds is 3. The largest absolute Gasteiger partial charge is 0.459 e. The SMILES string of the molecule is C[n+]1ccn(CC(=O)OC2CCCCC2)c1. The van der Waals surface area contributed by atoms with Gasteiger partial charge in [0.05, 0.1) is 7.05 Å². The summed E-state index contributed by atoms with van der Waals surface area (Å²) in [6, 6.07) is 0. The highest BCUT2D eigenvalue weighted by Crippen LogP contribution is 2.20. The Hall–Kier alpha value is -1.32. The van der Waals surface area contributed by atoms with E-state index in [2.05, 4.69) is 0 Å². The summed E-state index contributed by atoms with van der Waals surface area (Å²) in [6.07, 6.45) is 11.5. The zero-order chi connectivity index (χ0) is 11.4. The molecule has 0 spiro atoms. The van der Waals surface area contributed by atoms with Crippen LogP contribution in [0.2, 0.25) is 0 Å². The Bertz CT molecular complexity index is 354. The fourth-order valence-corrected chi connectivity index (χ4v) is 2.15. The maximum atomic E-state index is 11.6. The van der Waals surface area contributed by atoms with E-state index < -0.39 is 0 Å². The molecule has 0 radical (unpaired) electrons. The van der Waals surface area contributed by atoms with Crippen LogP contribution in [0.3, 0.4) is 0 Å². The standard InChI is InChI=1S/C12H19N2O2/c1-13-7-8-14(10-13)9-12(15)16-11-5-3-2-4-6-11/h7-8,10-11H,2-6,9H2,1H3/q+1. The lowest BCUT2D eigenvalue weighted by atomic mass is 9.98. The Morgan fingerprint density at radius 3 is 2.81 bits per heavy atom. The molecule has 1 fully saturated rings. The van der Waals surface area contributed by atoms with Gasteiger partial charge in [-0.25, -0.2) is 13.9 Å². The molecule has 88 valence electrons. The number of ether oxygens (including phenoxy) is 1. The fourth-order valence-electron chi connectivity index (χ4n) is 2.15. The van der Waals surface area contributed by atoms with E-state index in [-0.39, 0.29) is 12.1 Å². The monoisotopic (exact) mass is 223 g/mol. The van der Waals surface area contributed by atoms with Gasteiger partial charge in [-0.05, 0) is 25.7 Å². The quantitative estimate of drug-likeness (QED) is 0.570. The van der Waals surface area contributed by atoms with Crippen molar-refractivity contribution in [1.82, 2.24) is 4.57 Å². The average Bonchev–Trinajstić information content (AvgIpc) is 2.65. The van der Waals surface area contributed by atoms with Gasteiger partial charge in [0.2, 0.25) is 6.33 Å². The molecule has 0 aliphatic heterocycles. The van der Waals surface area contributed by atoms with Crippen molar-refractivity contribution >= 4 is 5.97 Å². The first-order valence-corrected chi connectivity index (χ1v) is 5.94. The van der Waals surface area contributed by atoms with Gasteiger partial charge in [-0.1, -0.05) is 6.42 Å². The molecule has 0 aromatic carbocycles. The van der Waals surface area contributed by atoms with Crippen LogP contribution in [0.4, 0.5) is 0 Å². The molecular formula is C12H19N2O2+. The van der Waals surface area contributed by atoms with Crippen molar-refractivity contribution in [3.05, 3.63) is 18.7 Å². The average molecular weight is 223 g/mol. The van der Waals surface area contributed by atoms with Gasteiger partial charge >= 0.3 is 5.97 Å². The molecular weight excluding hydrogens is 204 g/mol. The highest BCUT2D eigenvalue weighted by Gasteiger charge is 2.18. The number of hydrogen-bond acceptors (Lipinski definition) is 2. The van der Waals surface area contributed by atoms with Crippen molar-refractivity contribution in [3.8, 4) is 0 Å². The third kappa shape index (κ3) is 3.08. The fraction of sp³-hybridized carbons (Fsp3) is 0.667. The zero-order valence-corrected chi connectivity index (χ0v) is 9.76. The van der Waals surface area contributed by atoms with Crippen LogP contribution in [0.1, 0.15) is 32.1 Å². The Kier molecular flexibility index (Phi) is 3.59. The van der Waals surface area contributed by atoms with Crippen LogP contribution in [0, 0.1) is 0 Å². The van der Waals surface area contributed by atoms with Crippen molar-refractivity contribution in [3.63, 3.8) is 0 Å². The topological polar surface area (TPSA) is 35.1 Å². The molecule has 0 N–H and O–H groups in total. The van der Waals surface area contributed by atoms with Crippen LogP contribution >= 0.6 is 0 Å². The highest BCUT2D eigenvalue weighted by molar-refractivity contribution is 5.69. The minimum atomic E-state index is -0.122. The Labute approximate surface area is 95.8 Å². The molecule has 1 heterocycles. The molecule has 0 saturated heterocycles. The van der Waals surface area contributed by atoms with E-state index in [1.807, 2.05) is 34.9 Å². The molecule has 4 heteroatoms. The smallest absolute Gasteiger partial charge is 0.348 e. The van der Waals surface area contributed by atoms with E-state index in [0.29, 0.717) is 6.54 Å². The molecule has 1 aromatic rings. The van der Waals surface area contributed by atoms with Gasteiger partial charge in [0.25, 0.3) is 0 Å². The molecule has 0 unspecified atom stereocenters. The number of carbonyl (C=O) groups excluding carboxylic acids is 1. The van der Waals surface area contributed by atoms with Crippen LogP contribution < -0.4 is 4.57 Å². The molecule has 1 saturated carbocycles. The van der Waals surface area contributed by atoms with Crippen LogP contribution in [0.25, 0.3) is 0 Å². The van der Waals surface area contributed by atoms with Gasteiger partial charge in [-0.2, -0.15) is 0 Å². The van der Waals surface area contributed by atoms with Gasteiger partial charge in [0.15, 0.2) is 6.54 Å². The van der Waals surface area contributed by atoms with Gasteiger partial charge in [0.1, 0.15) is 18.5 Å². The van der Waals surface area contributed by atoms with Crippen molar-refractivity contribution in [2.75, 3.05) is 0 Å². The van der Waals surface area contributed by atoms with E-state index in [1.54, 1.807) is 0 Å². The summed E-state index contributed by atoms with van der Waals surface area (Å²) in [5.74, 6) is -0.122. The second kappa shape index (κ2) is 5.14. The minimum absolute atomic E-state index is 0.122. The Morgan fingerprint density at radius 1 is 1.44 bits per heavy atom. The molecule has 0 amide bonds. The lowest BCUT2D eigenvalue weighted by molar-refractivity contribution is -0.671. The second-order valence-electron chi connectivity index (χ2n) is 4.50. The van der Waals surface area contributed by atoms with Gasteiger partial charge in [-0.15, -0.1) is 0 Å². The van der Waals surface area contributed by atoms with E-state index in [0.717, 1.165) is 12.8 Å². The predicted octanol–water partition coefficient (Wildman–Crippen LogP) is 1.19. The number of aromatic nitrogens is 2. The third-order valence-corrected chi connectivity index (χ3v) is 2.99. The van der Waals surface area contributed by atoms with Crippen molar-refractivity contribution < 1.29 is 14.1 Å². The second-order valence-corrected chi connectivity index (χ2v) is 4.50. The van der Waals surface area contributed by atoms with Crippen molar-refractivity contribution in [2.45, 2.75) is 44.8 Å². The maximum absolute atomic E-state index is 11.6. The maximum Gasteiger partial charge on any atom is 0.348 e. The van der Waals surface area contributed by atoms with Gasteiger partial charge in [-0.3, -0.25) is 0 Å². The molecule has 0 atom stereocenters. The summed E-state index contributed by atoms with van der Waals surface area (Å²) >= 11 is 0. The van der Waals surface area contributed by atoms with Crippen LogP contribution in [0.15, 0.2) is 18.7 Å². The number of aryl methyl sites for hydroxylation is 1. The van der Waals surface area contributed by atoms with E-state index in [9.17, 15) is 4.79 Å². The van der Waals surface area contributed by atoms with Crippen LogP contribution in [0.5, 0.6) is 0 Å². The normalized spacial score (nSPS) is 17.3. The van der Waals surface area contributed by atoms with Gasteiger partial charge < -0.3 is 4.74 Å². The van der Waals surface area contributed by atoms with E-state index in [1.165, 1.54) is 19.3 Å². The Balaban J connectivity index is 1.79. The first-order valence-electron chi connectivity index (χ1n) is 5.94. The van der Waals surface area contributed by atoms with Crippen molar-refractivity contribution in [1.29, 1.82) is 0 Å². The summed E-state index contributed by atoms with van der Waals surface area (Å²) in [5, 5.41) is 0. The van der Waals surface area contributed by atoms with E-state index in [4.69, 9.17) is 4.74 Å². The summed E-state index contributed by atoms with van der Waals surface area (Å²) < 4.78 is 9.18. The molecule has 2 rings (SSSR count).